The highest BCUT2D eigenvalue weighted by Gasteiger charge is 2.46. The minimum atomic E-state index is 0.0209. The van der Waals surface area contributed by atoms with E-state index >= 15 is 0 Å². The molecule has 2 heteroatoms. The molecule has 2 fully saturated rings. The van der Waals surface area contributed by atoms with Gasteiger partial charge in [0.2, 0.25) is 0 Å². The molecule has 1 unspecified atom stereocenters. The van der Waals surface area contributed by atoms with Crippen LogP contribution in [0.3, 0.4) is 0 Å². The minimum Gasteiger partial charge on any atom is -0.375 e. The molecular formula is C14H27NO. The van der Waals surface area contributed by atoms with Crippen LogP contribution in [-0.2, 0) is 4.74 Å². The topological polar surface area (TPSA) is 12.5 Å². The van der Waals surface area contributed by atoms with Gasteiger partial charge in [0.1, 0.15) is 0 Å². The van der Waals surface area contributed by atoms with E-state index in [4.69, 9.17) is 4.74 Å². The molecule has 0 aromatic heterocycles. The Morgan fingerprint density at radius 3 is 2.38 bits per heavy atom. The zero-order chi connectivity index (χ0) is 11.8. The van der Waals surface area contributed by atoms with E-state index < -0.39 is 0 Å². The number of nitrogens with zero attached hydrogens (tertiary/aromatic N) is 1. The van der Waals surface area contributed by atoms with Gasteiger partial charge in [0.05, 0.1) is 12.2 Å². The van der Waals surface area contributed by atoms with Crippen LogP contribution >= 0.6 is 0 Å². The quantitative estimate of drug-likeness (QED) is 0.732. The van der Waals surface area contributed by atoms with Crippen molar-refractivity contribution in [1.29, 1.82) is 0 Å². The van der Waals surface area contributed by atoms with Crippen LogP contribution in [-0.4, -0.2) is 37.2 Å². The van der Waals surface area contributed by atoms with E-state index in [1.165, 1.54) is 38.8 Å². The van der Waals surface area contributed by atoms with E-state index in [1.807, 2.05) is 0 Å². The summed E-state index contributed by atoms with van der Waals surface area (Å²) in [6.07, 6.45) is 5.57. The van der Waals surface area contributed by atoms with E-state index in [0.717, 1.165) is 12.5 Å². The minimum absolute atomic E-state index is 0.0209. The molecule has 1 saturated carbocycles. The Labute approximate surface area is 100 Å². The first kappa shape index (κ1) is 12.4. The summed E-state index contributed by atoms with van der Waals surface area (Å²) in [7, 11) is 2.25. The number of hydrogen-bond acceptors (Lipinski definition) is 2. The average Bonchev–Trinajstić information content (AvgIpc) is 2.48. The van der Waals surface area contributed by atoms with Crippen LogP contribution < -0.4 is 0 Å². The molecule has 94 valence electrons. The van der Waals surface area contributed by atoms with Crippen LogP contribution in [0.25, 0.3) is 0 Å². The van der Waals surface area contributed by atoms with E-state index in [1.54, 1.807) is 0 Å². The van der Waals surface area contributed by atoms with Crippen molar-refractivity contribution < 1.29 is 4.74 Å². The third kappa shape index (κ3) is 2.60. The standard InChI is InChI=1S/C14H27NO/c1-13(2,3)16-11-14(7-5-8-14)12-6-9-15(4)10-12/h12H,5-11H2,1-4H3. The highest BCUT2D eigenvalue weighted by Crippen LogP contribution is 2.50. The van der Waals surface area contributed by atoms with Crippen LogP contribution in [0.5, 0.6) is 0 Å². The molecule has 2 aliphatic rings. The predicted molar refractivity (Wildman–Crippen MR) is 67.6 cm³/mol. The predicted octanol–water partition coefficient (Wildman–Crippen LogP) is 2.92. The van der Waals surface area contributed by atoms with Crippen molar-refractivity contribution in [2.24, 2.45) is 11.3 Å². The number of ether oxygens (including phenoxy) is 1. The van der Waals surface area contributed by atoms with Gasteiger partial charge in [-0.3, -0.25) is 0 Å². The maximum absolute atomic E-state index is 6.07. The Balaban J connectivity index is 1.92. The average molecular weight is 225 g/mol. The molecule has 1 saturated heterocycles. The molecule has 0 amide bonds. The van der Waals surface area contributed by atoms with Gasteiger partial charge in [0.15, 0.2) is 0 Å². The third-order valence-corrected chi connectivity index (χ3v) is 4.40. The van der Waals surface area contributed by atoms with Crippen LogP contribution in [0, 0.1) is 11.3 Å². The van der Waals surface area contributed by atoms with Crippen molar-refractivity contribution in [3.8, 4) is 0 Å². The molecule has 0 radical (unpaired) electrons. The zero-order valence-electron chi connectivity index (χ0n) is 11.4. The molecule has 0 N–H and O–H groups in total. The Kier molecular flexibility index (Phi) is 3.33. The van der Waals surface area contributed by atoms with Crippen molar-refractivity contribution >= 4 is 0 Å². The molecule has 1 heterocycles. The van der Waals surface area contributed by atoms with Crippen molar-refractivity contribution in [2.75, 3.05) is 26.7 Å². The van der Waals surface area contributed by atoms with Crippen molar-refractivity contribution in [2.45, 2.75) is 52.1 Å². The van der Waals surface area contributed by atoms with Crippen molar-refractivity contribution in [1.82, 2.24) is 4.90 Å². The molecule has 1 aliphatic carbocycles. The molecule has 0 bridgehead atoms. The van der Waals surface area contributed by atoms with Gasteiger partial charge < -0.3 is 9.64 Å². The largest absolute Gasteiger partial charge is 0.375 e. The molecule has 0 aromatic carbocycles. The van der Waals surface area contributed by atoms with Crippen LogP contribution in [0.4, 0.5) is 0 Å². The number of rotatable bonds is 3. The van der Waals surface area contributed by atoms with Gasteiger partial charge in [-0.2, -0.15) is 0 Å². The molecule has 2 nitrogen and oxygen atoms in total. The van der Waals surface area contributed by atoms with Crippen molar-refractivity contribution in [3.63, 3.8) is 0 Å². The monoisotopic (exact) mass is 225 g/mol. The van der Waals surface area contributed by atoms with Gasteiger partial charge in [-0.05, 0) is 65.0 Å². The Bertz CT molecular complexity index is 240. The molecule has 0 spiro atoms. The third-order valence-electron chi connectivity index (χ3n) is 4.40. The van der Waals surface area contributed by atoms with E-state index in [2.05, 4.69) is 32.7 Å². The normalized spacial score (nSPS) is 30.4. The smallest absolute Gasteiger partial charge is 0.0598 e. The summed E-state index contributed by atoms with van der Waals surface area (Å²) in [5.74, 6) is 0.883. The van der Waals surface area contributed by atoms with Crippen LogP contribution in [0.2, 0.25) is 0 Å². The lowest BCUT2D eigenvalue weighted by Gasteiger charge is -2.47. The van der Waals surface area contributed by atoms with E-state index in [0.29, 0.717) is 5.41 Å². The molecular weight excluding hydrogens is 198 g/mol. The molecule has 1 aliphatic heterocycles. The lowest BCUT2D eigenvalue weighted by Crippen LogP contribution is -2.44. The summed E-state index contributed by atoms with van der Waals surface area (Å²) < 4.78 is 6.07. The maximum Gasteiger partial charge on any atom is 0.0598 e. The molecule has 2 rings (SSSR count). The fraction of sp³-hybridized carbons (Fsp3) is 1.00. The summed E-state index contributed by atoms with van der Waals surface area (Å²) in [4.78, 5) is 2.47. The van der Waals surface area contributed by atoms with Gasteiger partial charge in [-0.1, -0.05) is 6.42 Å². The Morgan fingerprint density at radius 1 is 1.31 bits per heavy atom. The SMILES string of the molecule is CN1CCC(C2(COC(C)(C)C)CCC2)C1. The summed E-state index contributed by atoms with van der Waals surface area (Å²) in [6, 6.07) is 0. The summed E-state index contributed by atoms with van der Waals surface area (Å²) in [5.41, 5.74) is 0.547. The second-order valence-corrected chi connectivity index (χ2v) is 6.86. The lowest BCUT2D eigenvalue weighted by atomic mass is 9.61. The van der Waals surface area contributed by atoms with E-state index in [9.17, 15) is 0 Å². The molecule has 1 atom stereocenters. The van der Waals surface area contributed by atoms with Gasteiger partial charge in [-0.15, -0.1) is 0 Å². The number of likely N-dealkylation sites (tertiary alicyclic amines) is 1. The Hall–Kier alpha value is -0.0800. The Morgan fingerprint density at radius 2 is 2.00 bits per heavy atom. The highest BCUT2D eigenvalue weighted by atomic mass is 16.5. The highest BCUT2D eigenvalue weighted by molar-refractivity contribution is 4.97. The van der Waals surface area contributed by atoms with Crippen LogP contribution in [0.15, 0.2) is 0 Å². The maximum atomic E-state index is 6.07. The van der Waals surface area contributed by atoms with Gasteiger partial charge in [0.25, 0.3) is 0 Å². The molecule has 0 aromatic rings. The van der Waals surface area contributed by atoms with Crippen LogP contribution in [0.1, 0.15) is 46.5 Å². The van der Waals surface area contributed by atoms with Gasteiger partial charge >= 0.3 is 0 Å². The fourth-order valence-corrected chi connectivity index (χ4v) is 3.10. The summed E-state index contributed by atoms with van der Waals surface area (Å²) >= 11 is 0. The second-order valence-electron chi connectivity index (χ2n) is 6.86. The first-order valence-electron chi connectivity index (χ1n) is 6.74. The van der Waals surface area contributed by atoms with Crippen molar-refractivity contribution in [3.05, 3.63) is 0 Å². The second kappa shape index (κ2) is 4.30. The first-order valence-corrected chi connectivity index (χ1v) is 6.74. The summed E-state index contributed by atoms with van der Waals surface area (Å²) in [5, 5.41) is 0. The van der Waals surface area contributed by atoms with Gasteiger partial charge in [-0.25, -0.2) is 0 Å². The fourth-order valence-electron chi connectivity index (χ4n) is 3.10. The molecule has 16 heavy (non-hydrogen) atoms. The lowest BCUT2D eigenvalue weighted by molar-refractivity contribution is -0.101. The first-order chi connectivity index (χ1) is 7.41. The number of hydrogen-bond donors (Lipinski definition) is 0. The van der Waals surface area contributed by atoms with E-state index in [-0.39, 0.29) is 5.60 Å². The van der Waals surface area contributed by atoms with Gasteiger partial charge in [0, 0.05) is 6.54 Å². The summed E-state index contributed by atoms with van der Waals surface area (Å²) in [6.45, 7) is 10.0. The zero-order valence-corrected chi connectivity index (χ0v) is 11.4.